The zero-order chi connectivity index (χ0) is 18.2. The number of pyridine rings is 1. The molecule has 138 valence electrons. The lowest BCUT2D eigenvalue weighted by atomic mass is 10.1. The van der Waals surface area contributed by atoms with Crippen molar-refractivity contribution in [3.8, 4) is 5.75 Å². The van der Waals surface area contributed by atoms with Crippen LogP contribution < -0.4 is 10.1 Å². The summed E-state index contributed by atoms with van der Waals surface area (Å²) in [5, 5.41) is 3.00. The number of aromatic nitrogens is 1. The maximum absolute atomic E-state index is 12.2. The zero-order valence-electron chi connectivity index (χ0n) is 14.9. The quantitative estimate of drug-likeness (QED) is 0.824. The van der Waals surface area contributed by atoms with Crippen LogP contribution in [-0.2, 0) is 20.9 Å². The molecule has 0 spiro atoms. The summed E-state index contributed by atoms with van der Waals surface area (Å²) >= 11 is 0. The largest absolute Gasteiger partial charge is 0.484 e. The van der Waals surface area contributed by atoms with E-state index in [9.17, 15) is 4.79 Å². The Morgan fingerprint density at radius 3 is 2.88 bits per heavy atom. The highest BCUT2D eigenvalue weighted by atomic mass is 16.5. The summed E-state index contributed by atoms with van der Waals surface area (Å²) in [6.07, 6.45) is 2.25. The lowest BCUT2D eigenvalue weighted by molar-refractivity contribution is -0.128. The average Bonchev–Trinajstić information content (AvgIpc) is 2.68. The van der Waals surface area contributed by atoms with E-state index in [1.807, 2.05) is 49.4 Å². The summed E-state index contributed by atoms with van der Waals surface area (Å²) in [6, 6.07) is 13.2. The Labute approximate surface area is 153 Å². The number of benzene rings is 1. The molecule has 2 aromatic rings. The molecule has 0 bridgehead atoms. The Balaban J connectivity index is 1.47. The zero-order valence-corrected chi connectivity index (χ0v) is 14.9. The van der Waals surface area contributed by atoms with Gasteiger partial charge in [-0.15, -0.1) is 0 Å². The summed E-state index contributed by atoms with van der Waals surface area (Å²) in [7, 11) is 0. The summed E-state index contributed by atoms with van der Waals surface area (Å²) in [6.45, 7) is 3.44. The minimum absolute atomic E-state index is 0.0205. The summed E-state index contributed by atoms with van der Waals surface area (Å²) in [5.74, 6) is 0.518. The summed E-state index contributed by atoms with van der Waals surface area (Å²) < 4.78 is 16.9. The van der Waals surface area contributed by atoms with Gasteiger partial charge in [-0.2, -0.15) is 0 Å². The van der Waals surface area contributed by atoms with E-state index in [2.05, 4.69) is 10.3 Å². The molecule has 1 aromatic carbocycles. The van der Waals surface area contributed by atoms with Crippen molar-refractivity contribution >= 4 is 5.91 Å². The van der Waals surface area contributed by atoms with E-state index >= 15 is 0 Å². The monoisotopic (exact) mass is 356 g/mol. The average molecular weight is 356 g/mol. The standard InChI is InChI=1S/C20H24N2O4/c1-15-5-7-17(8-6-15)25-14-20(23)22-18-9-11-24-13-19(18)26-12-16-4-2-3-10-21-16/h2-8,10,18-19H,9,11-14H2,1H3,(H,22,23)/t18-,19-/m1/s1. The molecule has 2 heterocycles. The van der Waals surface area contributed by atoms with Gasteiger partial charge in [-0.3, -0.25) is 9.78 Å². The van der Waals surface area contributed by atoms with Gasteiger partial charge in [0, 0.05) is 12.8 Å². The highest BCUT2D eigenvalue weighted by molar-refractivity contribution is 5.77. The van der Waals surface area contributed by atoms with Crippen molar-refractivity contribution in [2.45, 2.75) is 32.1 Å². The number of hydrogen-bond donors (Lipinski definition) is 1. The molecule has 0 unspecified atom stereocenters. The molecule has 6 nitrogen and oxygen atoms in total. The fourth-order valence-electron chi connectivity index (χ4n) is 2.75. The van der Waals surface area contributed by atoms with Crippen LogP contribution >= 0.6 is 0 Å². The lowest BCUT2D eigenvalue weighted by Crippen LogP contribution is -2.51. The molecule has 1 amide bonds. The molecule has 1 fully saturated rings. The topological polar surface area (TPSA) is 69.7 Å². The number of carbonyl (C=O) groups is 1. The second-order valence-electron chi connectivity index (χ2n) is 6.31. The molecule has 2 atom stereocenters. The SMILES string of the molecule is Cc1ccc(OCC(=O)N[C@@H]2CCOC[C@H]2OCc2ccccn2)cc1. The number of nitrogens with zero attached hydrogens (tertiary/aromatic N) is 1. The Kier molecular flexibility index (Phi) is 6.57. The normalized spacial score (nSPS) is 19.7. The van der Waals surface area contributed by atoms with E-state index in [0.29, 0.717) is 32.0 Å². The number of hydrogen-bond acceptors (Lipinski definition) is 5. The molecule has 0 saturated carbocycles. The molecule has 1 saturated heterocycles. The van der Waals surface area contributed by atoms with Crippen LogP contribution in [0.2, 0.25) is 0 Å². The highest BCUT2D eigenvalue weighted by Crippen LogP contribution is 2.14. The number of amides is 1. The van der Waals surface area contributed by atoms with Crippen molar-refractivity contribution in [3.05, 3.63) is 59.9 Å². The fourth-order valence-corrected chi connectivity index (χ4v) is 2.75. The number of rotatable bonds is 7. The van der Waals surface area contributed by atoms with Crippen molar-refractivity contribution in [1.82, 2.24) is 10.3 Å². The fraction of sp³-hybridized carbons (Fsp3) is 0.400. The highest BCUT2D eigenvalue weighted by Gasteiger charge is 2.28. The van der Waals surface area contributed by atoms with Crippen molar-refractivity contribution in [2.24, 2.45) is 0 Å². The van der Waals surface area contributed by atoms with Crippen molar-refractivity contribution < 1.29 is 19.0 Å². The third kappa shape index (κ3) is 5.54. The molecule has 1 N–H and O–H groups in total. The first-order valence-electron chi connectivity index (χ1n) is 8.79. The van der Waals surface area contributed by atoms with Gasteiger partial charge in [0.15, 0.2) is 6.61 Å². The van der Waals surface area contributed by atoms with E-state index in [4.69, 9.17) is 14.2 Å². The molecule has 6 heteroatoms. The lowest BCUT2D eigenvalue weighted by Gasteiger charge is -2.32. The van der Waals surface area contributed by atoms with Gasteiger partial charge in [0.2, 0.25) is 0 Å². The number of carbonyl (C=O) groups excluding carboxylic acids is 1. The van der Waals surface area contributed by atoms with Gasteiger partial charge < -0.3 is 19.5 Å². The van der Waals surface area contributed by atoms with Gasteiger partial charge in [-0.05, 0) is 37.6 Å². The van der Waals surface area contributed by atoms with Crippen molar-refractivity contribution in [2.75, 3.05) is 19.8 Å². The molecule has 26 heavy (non-hydrogen) atoms. The molecular formula is C20H24N2O4. The molecule has 1 aromatic heterocycles. The van der Waals surface area contributed by atoms with E-state index < -0.39 is 0 Å². The van der Waals surface area contributed by atoms with E-state index in [0.717, 1.165) is 11.3 Å². The third-order valence-electron chi connectivity index (χ3n) is 4.21. The molecule has 1 aliphatic rings. The van der Waals surface area contributed by atoms with Crippen molar-refractivity contribution in [1.29, 1.82) is 0 Å². The minimum atomic E-state index is -0.200. The molecule has 1 aliphatic heterocycles. The number of aryl methyl sites for hydroxylation is 1. The third-order valence-corrected chi connectivity index (χ3v) is 4.21. The van der Waals surface area contributed by atoms with Crippen LogP contribution in [0.4, 0.5) is 0 Å². The molecule has 0 aliphatic carbocycles. The van der Waals surface area contributed by atoms with Crippen LogP contribution in [0.15, 0.2) is 48.7 Å². The van der Waals surface area contributed by atoms with E-state index in [1.165, 1.54) is 0 Å². The Hall–Kier alpha value is -2.44. The minimum Gasteiger partial charge on any atom is -0.484 e. The van der Waals surface area contributed by atoms with E-state index in [-0.39, 0.29) is 24.7 Å². The van der Waals surface area contributed by atoms with Gasteiger partial charge in [0.25, 0.3) is 5.91 Å². The molecule has 0 radical (unpaired) electrons. The number of nitrogens with one attached hydrogen (secondary N) is 1. The van der Waals surface area contributed by atoms with Crippen molar-refractivity contribution in [3.63, 3.8) is 0 Å². The van der Waals surface area contributed by atoms with Gasteiger partial charge in [-0.25, -0.2) is 0 Å². The first kappa shape index (κ1) is 18.4. The maximum Gasteiger partial charge on any atom is 0.258 e. The Bertz CT molecular complexity index is 691. The summed E-state index contributed by atoms with van der Waals surface area (Å²) in [4.78, 5) is 16.5. The van der Waals surface area contributed by atoms with Crippen LogP contribution in [0.5, 0.6) is 5.75 Å². The summed E-state index contributed by atoms with van der Waals surface area (Å²) in [5.41, 5.74) is 2.00. The second kappa shape index (κ2) is 9.31. The van der Waals surface area contributed by atoms with Gasteiger partial charge in [0.1, 0.15) is 11.9 Å². The second-order valence-corrected chi connectivity index (χ2v) is 6.31. The van der Waals surface area contributed by atoms with Crippen LogP contribution in [0.25, 0.3) is 0 Å². The van der Waals surface area contributed by atoms with Gasteiger partial charge in [-0.1, -0.05) is 23.8 Å². The molecule has 3 rings (SSSR count). The number of ether oxygens (including phenoxy) is 3. The van der Waals surface area contributed by atoms with E-state index in [1.54, 1.807) is 6.20 Å². The van der Waals surface area contributed by atoms with Crippen LogP contribution in [0.3, 0.4) is 0 Å². The molecular weight excluding hydrogens is 332 g/mol. The Morgan fingerprint density at radius 2 is 2.12 bits per heavy atom. The van der Waals surface area contributed by atoms with Crippen LogP contribution in [-0.4, -0.2) is 42.9 Å². The van der Waals surface area contributed by atoms with Crippen LogP contribution in [0, 0.1) is 6.92 Å². The predicted octanol–water partition coefficient (Wildman–Crippen LogP) is 2.26. The van der Waals surface area contributed by atoms with Crippen LogP contribution in [0.1, 0.15) is 17.7 Å². The first-order valence-corrected chi connectivity index (χ1v) is 8.79. The Morgan fingerprint density at radius 1 is 1.27 bits per heavy atom. The first-order chi connectivity index (χ1) is 12.7. The van der Waals surface area contributed by atoms with Gasteiger partial charge in [0.05, 0.1) is 24.9 Å². The smallest absolute Gasteiger partial charge is 0.258 e. The predicted molar refractivity (Wildman–Crippen MR) is 96.9 cm³/mol. The van der Waals surface area contributed by atoms with Gasteiger partial charge >= 0.3 is 0 Å². The maximum atomic E-state index is 12.2.